The van der Waals surface area contributed by atoms with Crippen molar-refractivity contribution in [3.63, 3.8) is 0 Å². The van der Waals surface area contributed by atoms with E-state index in [0.717, 1.165) is 0 Å². The van der Waals surface area contributed by atoms with Crippen LogP contribution in [0.4, 0.5) is 0 Å². The smallest absolute Gasteiger partial charge is 0 e. The molecular weight excluding hydrogens is 182 g/mol. The van der Waals surface area contributed by atoms with Crippen molar-refractivity contribution in [2.75, 3.05) is 0 Å². The Hall–Kier alpha value is 1.30. The zero-order chi connectivity index (χ0) is 0. The van der Waals surface area contributed by atoms with E-state index >= 15 is 0 Å². The predicted octanol–water partition coefficient (Wildman–Crippen LogP) is -1.65. The molecule has 2 nitrogen and oxygen atoms in total. The van der Waals surface area contributed by atoms with Crippen LogP contribution in [-0.4, -0.2) is 11.0 Å². The van der Waals surface area contributed by atoms with Gasteiger partial charge >= 0.3 is 0 Å². The number of hydrogen-bond acceptors (Lipinski definition) is 0. The van der Waals surface area contributed by atoms with Crippen LogP contribution in [0, 0.1) is 0 Å². The van der Waals surface area contributed by atoms with Gasteiger partial charge in [0.05, 0.1) is 0 Å². The van der Waals surface area contributed by atoms with E-state index in [4.69, 9.17) is 0 Å². The van der Waals surface area contributed by atoms with Gasteiger partial charge in [-0.05, 0) is 0 Å². The molecule has 0 radical (unpaired) electrons. The van der Waals surface area contributed by atoms with Crippen molar-refractivity contribution in [2.45, 2.75) is 0 Å². The van der Waals surface area contributed by atoms with E-state index in [0.29, 0.717) is 0 Å². The molecule has 4 heavy (non-hydrogen) atoms. The third-order valence-electron chi connectivity index (χ3n) is 0. The monoisotopic (exact) mass is 184 g/mol. The fraction of sp³-hybridized carbons (Fsp3) is 0. The minimum Gasteiger partial charge on any atom is -0.412 e. The Bertz CT molecular complexity index is 6.00. The number of hydrogen-bond donors (Lipinski definition) is 0. The molecule has 0 amide bonds. The van der Waals surface area contributed by atoms with Crippen LogP contribution in [-0.2, 0) is 42.7 Å². The van der Waals surface area contributed by atoms with Crippen LogP contribution in [0.25, 0.3) is 0 Å². The Labute approximate surface area is 53.6 Å². The van der Waals surface area contributed by atoms with Gasteiger partial charge in [0.1, 0.15) is 0 Å². The first-order valence-corrected chi connectivity index (χ1v) is 0. The van der Waals surface area contributed by atoms with E-state index in [9.17, 15) is 0 Å². The predicted molar refractivity (Wildman–Crippen MR) is 7.23 cm³/mol. The Balaban J connectivity index is 0. The van der Waals surface area contributed by atoms with Crippen molar-refractivity contribution in [1.82, 2.24) is 0 Å². The second-order valence-electron chi connectivity index (χ2n) is 0. The zero-order valence-corrected chi connectivity index (χ0v) is 5.26. The summed E-state index contributed by atoms with van der Waals surface area (Å²) in [6, 6.07) is 0. The average Bonchev–Trinajstić information content (AvgIpc) is 0. The van der Waals surface area contributed by atoms with Gasteiger partial charge in [0.2, 0.25) is 0 Å². The van der Waals surface area contributed by atoms with Crippen LogP contribution in [0.5, 0.6) is 0 Å². The van der Waals surface area contributed by atoms with Gasteiger partial charge in [-0.2, -0.15) is 0 Å². The Morgan fingerprint density at radius 2 is 0.750 bits per heavy atom. The molecule has 0 aliphatic heterocycles. The SMILES string of the molecule is O.O.[Ni].[Zr]. The third-order valence-corrected chi connectivity index (χ3v) is 0. The molecule has 0 spiro atoms. The largest absolute Gasteiger partial charge is 0.412 e. The average molecular weight is 186 g/mol. The molecule has 30 valence electrons. The van der Waals surface area contributed by atoms with Crippen LogP contribution in [0.15, 0.2) is 0 Å². The summed E-state index contributed by atoms with van der Waals surface area (Å²) < 4.78 is 0. The van der Waals surface area contributed by atoms with E-state index in [1.807, 2.05) is 0 Å². The molecule has 0 aliphatic carbocycles. The maximum absolute atomic E-state index is 0. The van der Waals surface area contributed by atoms with E-state index in [1.165, 1.54) is 0 Å². The van der Waals surface area contributed by atoms with E-state index in [-0.39, 0.29) is 53.6 Å². The standard InChI is InChI=1S/Ni.2H2O.Zr/h;2*1H2;. The van der Waals surface area contributed by atoms with Crippen LogP contribution >= 0.6 is 0 Å². The van der Waals surface area contributed by atoms with Gasteiger partial charge in [0, 0.05) is 42.7 Å². The molecule has 0 saturated carbocycles. The fourth-order valence-corrected chi connectivity index (χ4v) is 0. The van der Waals surface area contributed by atoms with Gasteiger partial charge in [-0.25, -0.2) is 0 Å². The summed E-state index contributed by atoms with van der Waals surface area (Å²) in [5, 5.41) is 0. The summed E-state index contributed by atoms with van der Waals surface area (Å²) in [6.45, 7) is 0. The summed E-state index contributed by atoms with van der Waals surface area (Å²) in [7, 11) is 0. The summed E-state index contributed by atoms with van der Waals surface area (Å²) >= 11 is 0. The molecule has 0 aromatic carbocycles. The first-order chi connectivity index (χ1) is 0. The quantitative estimate of drug-likeness (QED) is 0.406. The molecule has 0 bridgehead atoms. The first kappa shape index (κ1) is 58.2. The van der Waals surface area contributed by atoms with Crippen molar-refractivity contribution in [2.24, 2.45) is 0 Å². The maximum atomic E-state index is 0. The van der Waals surface area contributed by atoms with Crippen molar-refractivity contribution >= 4 is 0 Å². The van der Waals surface area contributed by atoms with Crippen molar-refractivity contribution < 1.29 is 53.6 Å². The van der Waals surface area contributed by atoms with Gasteiger partial charge in [0.15, 0.2) is 0 Å². The van der Waals surface area contributed by atoms with Crippen LogP contribution < -0.4 is 0 Å². The maximum Gasteiger partial charge on any atom is 0 e. The minimum absolute atomic E-state index is 0. The summed E-state index contributed by atoms with van der Waals surface area (Å²) in [4.78, 5) is 0. The fourth-order valence-electron chi connectivity index (χ4n) is 0. The van der Waals surface area contributed by atoms with Gasteiger partial charge in [-0.3, -0.25) is 0 Å². The number of rotatable bonds is 0. The molecule has 0 atom stereocenters. The van der Waals surface area contributed by atoms with Gasteiger partial charge in [-0.15, -0.1) is 0 Å². The Kier molecular flexibility index (Phi) is 404. The minimum atomic E-state index is 0. The molecule has 0 fully saturated rings. The Morgan fingerprint density at radius 3 is 0.750 bits per heavy atom. The first-order valence-electron chi connectivity index (χ1n) is 0. The molecule has 0 aromatic rings. The van der Waals surface area contributed by atoms with Gasteiger partial charge < -0.3 is 11.0 Å². The molecule has 4 N–H and O–H groups in total. The molecule has 0 aromatic heterocycles. The molecule has 0 heterocycles. The van der Waals surface area contributed by atoms with Crippen molar-refractivity contribution in [3.05, 3.63) is 0 Å². The summed E-state index contributed by atoms with van der Waals surface area (Å²) in [5.74, 6) is 0. The van der Waals surface area contributed by atoms with Crippen LogP contribution in [0.2, 0.25) is 0 Å². The summed E-state index contributed by atoms with van der Waals surface area (Å²) in [6.07, 6.45) is 0. The topological polar surface area (TPSA) is 63.0 Å². The molecule has 4 heteroatoms. The normalized spacial score (nSPS) is 0. The molecule has 0 aliphatic rings. The van der Waals surface area contributed by atoms with E-state index in [1.54, 1.807) is 0 Å². The van der Waals surface area contributed by atoms with Gasteiger partial charge in [0.25, 0.3) is 0 Å². The van der Waals surface area contributed by atoms with Crippen LogP contribution in [0.3, 0.4) is 0 Å². The molecular formula is H4NiO2Zr. The van der Waals surface area contributed by atoms with Gasteiger partial charge in [-0.1, -0.05) is 0 Å². The Morgan fingerprint density at radius 1 is 0.750 bits per heavy atom. The molecule has 0 rings (SSSR count). The van der Waals surface area contributed by atoms with Crippen LogP contribution in [0.1, 0.15) is 0 Å². The van der Waals surface area contributed by atoms with Crippen molar-refractivity contribution in [1.29, 1.82) is 0 Å². The van der Waals surface area contributed by atoms with E-state index < -0.39 is 0 Å². The van der Waals surface area contributed by atoms with Crippen molar-refractivity contribution in [3.8, 4) is 0 Å². The third kappa shape index (κ3) is 10.3. The van der Waals surface area contributed by atoms with E-state index in [2.05, 4.69) is 0 Å². The summed E-state index contributed by atoms with van der Waals surface area (Å²) in [5.41, 5.74) is 0. The zero-order valence-electron chi connectivity index (χ0n) is 1.82. The second kappa shape index (κ2) is 27.8. The molecule has 0 saturated heterocycles. The molecule has 0 unspecified atom stereocenters. The second-order valence-corrected chi connectivity index (χ2v) is 0.